The number of nitrogens with zero attached hydrogens (tertiary/aromatic N) is 1. The molecule has 0 saturated heterocycles. The Bertz CT molecular complexity index is 419. The van der Waals surface area contributed by atoms with Crippen LogP contribution < -0.4 is 9.47 Å². The van der Waals surface area contributed by atoms with Gasteiger partial charge in [0, 0.05) is 12.6 Å². The molecule has 22 heavy (non-hydrogen) atoms. The fraction of sp³-hybridized carbons (Fsp3) is 0.667. The van der Waals surface area contributed by atoms with Gasteiger partial charge in [-0.1, -0.05) is 31.4 Å². The molecule has 0 bridgehead atoms. The van der Waals surface area contributed by atoms with E-state index in [9.17, 15) is 0 Å². The summed E-state index contributed by atoms with van der Waals surface area (Å²) in [5, 5.41) is 0. The molecule has 0 amide bonds. The maximum Gasteiger partial charge on any atom is 0.161 e. The molecule has 0 spiro atoms. The van der Waals surface area contributed by atoms with Gasteiger partial charge in [-0.2, -0.15) is 0 Å². The molecular weight excluding hydrogens is 278 g/mol. The van der Waals surface area contributed by atoms with Crippen LogP contribution in [0.3, 0.4) is 0 Å². The van der Waals surface area contributed by atoms with E-state index in [-0.39, 0.29) is 0 Å². The first kappa shape index (κ1) is 17.1. The van der Waals surface area contributed by atoms with Crippen LogP contribution in [0.25, 0.3) is 0 Å². The van der Waals surface area contributed by atoms with Crippen molar-refractivity contribution >= 4 is 0 Å². The van der Waals surface area contributed by atoms with Gasteiger partial charge in [-0.25, -0.2) is 0 Å². The predicted octanol–water partition coefficient (Wildman–Crippen LogP) is 3.36. The minimum atomic E-state index is 0.549. The Morgan fingerprint density at radius 3 is 2.45 bits per heavy atom. The van der Waals surface area contributed by atoms with Crippen molar-refractivity contribution in [2.75, 3.05) is 40.5 Å². The van der Waals surface area contributed by atoms with E-state index in [2.05, 4.69) is 11.9 Å². The van der Waals surface area contributed by atoms with Crippen LogP contribution in [0.15, 0.2) is 24.3 Å². The predicted molar refractivity (Wildman–Crippen MR) is 88.8 cm³/mol. The molecule has 1 aliphatic carbocycles. The van der Waals surface area contributed by atoms with Crippen molar-refractivity contribution in [1.82, 2.24) is 4.90 Å². The first-order chi connectivity index (χ1) is 10.8. The lowest BCUT2D eigenvalue weighted by Gasteiger charge is -2.31. The third kappa shape index (κ3) is 5.50. The first-order valence-corrected chi connectivity index (χ1v) is 8.35. The highest BCUT2D eigenvalue weighted by atomic mass is 16.5. The van der Waals surface area contributed by atoms with E-state index in [1.807, 2.05) is 24.3 Å². The normalized spacial score (nSPS) is 16.0. The zero-order chi connectivity index (χ0) is 15.6. The smallest absolute Gasteiger partial charge is 0.161 e. The minimum absolute atomic E-state index is 0.549. The molecule has 1 fully saturated rings. The van der Waals surface area contributed by atoms with E-state index in [0.29, 0.717) is 13.2 Å². The summed E-state index contributed by atoms with van der Waals surface area (Å²) >= 11 is 0. The Morgan fingerprint density at radius 1 is 1.00 bits per heavy atom. The molecule has 1 aromatic rings. The molecule has 0 N–H and O–H groups in total. The lowest BCUT2D eigenvalue weighted by Crippen LogP contribution is -2.35. The fourth-order valence-corrected chi connectivity index (χ4v) is 2.96. The Morgan fingerprint density at radius 2 is 1.73 bits per heavy atom. The van der Waals surface area contributed by atoms with Crippen LogP contribution in [0.1, 0.15) is 32.1 Å². The van der Waals surface area contributed by atoms with E-state index in [4.69, 9.17) is 14.2 Å². The van der Waals surface area contributed by atoms with Gasteiger partial charge in [0.05, 0.1) is 20.3 Å². The van der Waals surface area contributed by atoms with Crippen molar-refractivity contribution in [3.63, 3.8) is 0 Å². The molecule has 0 aliphatic heterocycles. The fourth-order valence-electron chi connectivity index (χ4n) is 2.96. The van der Waals surface area contributed by atoms with Gasteiger partial charge < -0.3 is 19.1 Å². The largest absolute Gasteiger partial charge is 0.493 e. The van der Waals surface area contributed by atoms with Crippen LogP contribution in [0.2, 0.25) is 0 Å². The Hall–Kier alpha value is -1.26. The van der Waals surface area contributed by atoms with Gasteiger partial charge in [-0.3, -0.25) is 0 Å². The Balaban J connectivity index is 1.55. The molecule has 0 heterocycles. The number of hydrogen-bond donors (Lipinski definition) is 0. The molecule has 1 saturated carbocycles. The summed E-state index contributed by atoms with van der Waals surface area (Å²) in [5.41, 5.74) is 0. The van der Waals surface area contributed by atoms with E-state index >= 15 is 0 Å². The number of rotatable bonds is 9. The number of hydrogen-bond acceptors (Lipinski definition) is 4. The molecule has 0 aromatic heterocycles. The van der Waals surface area contributed by atoms with E-state index < -0.39 is 0 Å². The van der Waals surface area contributed by atoms with Crippen LogP contribution in [0.4, 0.5) is 0 Å². The summed E-state index contributed by atoms with van der Waals surface area (Å²) in [6.07, 6.45) is 6.84. The van der Waals surface area contributed by atoms with E-state index in [1.54, 1.807) is 7.11 Å². The second kappa shape index (κ2) is 9.70. The zero-order valence-electron chi connectivity index (χ0n) is 13.9. The standard InChI is InChI=1S/C18H29NO3/c1-19(16-8-4-3-5-9-16)12-13-21-14-15-22-18-11-7-6-10-17(18)20-2/h6-7,10-11,16H,3-5,8-9,12-15H2,1-2H3. The van der Waals surface area contributed by atoms with Crippen LogP contribution in [-0.2, 0) is 4.74 Å². The van der Waals surface area contributed by atoms with Gasteiger partial charge >= 0.3 is 0 Å². The quantitative estimate of drug-likeness (QED) is 0.655. The van der Waals surface area contributed by atoms with Gasteiger partial charge in [0.25, 0.3) is 0 Å². The lowest BCUT2D eigenvalue weighted by molar-refractivity contribution is 0.0702. The molecule has 124 valence electrons. The summed E-state index contributed by atoms with van der Waals surface area (Å²) in [5.74, 6) is 1.53. The van der Waals surface area contributed by atoms with Gasteiger partial charge in [-0.05, 0) is 32.0 Å². The topological polar surface area (TPSA) is 30.9 Å². The third-order valence-corrected chi connectivity index (χ3v) is 4.34. The number of methoxy groups -OCH3 is 1. The molecule has 2 rings (SSSR count). The van der Waals surface area contributed by atoms with Crippen molar-refractivity contribution in [1.29, 1.82) is 0 Å². The summed E-state index contributed by atoms with van der Waals surface area (Å²) in [6, 6.07) is 8.44. The van der Waals surface area contributed by atoms with E-state index in [0.717, 1.165) is 30.7 Å². The molecule has 4 heteroatoms. The third-order valence-electron chi connectivity index (χ3n) is 4.34. The Kier molecular flexibility index (Phi) is 7.54. The number of likely N-dealkylation sites (N-methyl/N-ethyl adjacent to an activating group) is 1. The van der Waals surface area contributed by atoms with Crippen LogP contribution in [0.5, 0.6) is 11.5 Å². The SMILES string of the molecule is COc1ccccc1OCCOCCN(C)C1CCCCC1. The summed E-state index contributed by atoms with van der Waals surface area (Å²) in [7, 11) is 3.87. The van der Waals surface area contributed by atoms with Gasteiger partial charge in [0.2, 0.25) is 0 Å². The van der Waals surface area contributed by atoms with Gasteiger partial charge in [0.1, 0.15) is 6.61 Å². The average Bonchev–Trinajstić information content (AvgIpc) is 2.58. The molecular formula is C18H29NO3. The minimum Gasteiger partial charge on any atom is -0.493 e. The van der Waals surface area contributed by atoms with Crippen LogP contribution in [-0.4, -0.2) is 51.5 Å². The maximum absolute atomic E-state index is 5.69. The van der Waals surface area contributed by atoms with Gasteiger partial charge in [-0.15, -0.1) is 0 Å². The average molecular weight is 307 g/mol. The van der Waals surface area contributed by atoms with Crippen LogP contribution in [0, 0.1) is 0 Å². The first-order valence-electron chi connectivity index (χ1n) is 8.35. The monoisotopic (exact) mass is 307 g/mol. The van der Waals surface area contributed by atoms with Crippen molar-refractivity contribution in [3.05, 3.63) is 24.3 Å². The molecule has 4 nitrogen and oxygen atoms in total. The van der Waals surface area contributed by atoms with Crippen molar-refractivity contribution in [2.45, 2.75) is 38.1 Å². The second-order valence-electron chi connectivity index (χ2n) is 5.88. The number of para-hydroxylation sites is 2. The number of ether oxygens (including phenoxy) is 3. The highest BCUT2D eigenvalue weighted by Gasteiger charge is 2.17. The van der Waals surface area contributed by atoms with Crippen molar-refractivity contribution < 1.29 is 14.2 Å². The maximum atomic E-state index is 5.69. The molecule has 0 unspecified atom stereocenters. The highest BCUT2D eigenvalue weighted by Crippen LogP contribution is 2.25. The lowest BCUT2D eigenvalue weighted by atomic mass is 9.94. The van der Waals surface area contributed by atoms with Gasteiger partial charge in [0.15, 0.2) is 11.5 Å². The summed E-state index contributed by atoms with van der Waals surface area (Å²) in [6.45, 7) is 2.92. The molecule has 1 aliphatic rings. The zero-order valence-corrected chi connectivity index (χ0v) is 13.9. The summed E-state index contributed by atoms with van der Waals surface area (Å²) in [4.78, 5) is 2.44. The summed E-state index contributed by atoms with van der Waals surface area (Å²) < 4.78 is 16.6. The highest BCUT2D eigenvalue weighted by molar-refractivity contribution is 5.39. The van der Waals surface area contributed by atoms with E-state index in [1.165, 1.54) is 32.1 Å². The molecule has 0 radical (unpaired) electrons. The second-order valence-corrected chi connectivity index (χ2v) is 5.88. The molecule has 0 atom stereocenters. The van der Waals surface area contributed by atoms with Crippen LogP contribution >= 0.6 is 0 Å². The molecule has 1 aromatic carbocycles. The van der Waals surface area contributed by atoms with Crippen molar-refractivity contribution in [3.8, 4) is 11.5 Å². The Labute approximate surface area is 134 Å². The number of benzene rings is 1. The van der Waals surface area contributed by atoms with Crippen molar-refractivity contribution in [2.24, 2.45) is 0 Å².